The van der Waals surface area contributed by atoms with Crippen molar-refractivity contribution in [1.82, 2.24) is 10.2 Å². The number of sulfone groups is 1. The van der Waals surface area contributed by atoms with Crippen molar-refractivity contribution in [3.8, 4) is 5.75 Å². The minimum Gasteiger partial charge on any atom is -0.497 e. The van der Waals surface area contributed by atoms with Crippen LogP contribution in [-0.2, 0) is 19.4 Å². The zero-order valence-electron chi connectivity index (χ0n) is 15.0. The molecule has 28 heavy (non-hydrogen) atoms. The van der Waals surface area contributed by atoms with Crippen LogP contribution in [0.25, 0.3) is 6.08 Å². The molecule has 148 valence electrons. The lowest BCUT2D eigenvalue weighted by molar-refractivity contribution is -0.124. The lowest BCUT2D eigenvalue weighted by Crippen LogP contribution is -2.38. The van der Waals surface area contributed by atoms with Crippen LogP contribution in [0, 0.1) is 0 Å². The standard InChI is InChI=1S/C18H18N2O6S2/c1-26-14-4-2-12(3-5-14)10-15-17(22)20(18(23)27-15)8-6-16(21)19-13-7-9-28(24,25)11-13/h2-5,7,9-10,13H,6,8,11H2,1H3,(H,19,21)/b15-10-. The van der Waals surface area contributed by atoms with Crippen LogP contribution in [0.5, 0.6) is 5.75 Å². The molecule has 1 fully saturated rings. The Kier molecular flexibility index (Phi) is 5.90. The van der Waals surface area contributed by atoms with Gasteiger partial charge in [-0.25, -0.2) is 8.42 Å². The number of rotatable bonds is 6. The van der Waals surface area contributed by atoms with Crippen molar-refractivity contribution < 1.29 is 27.5 Å². The van der Waals surface area contributed by atoms with Gasteiger partial charge in [0.1, 0.15) is 5.75 Å². The van der Waals surface area contributed by atoms with E-state index in [-0.39, 0.29) is 23.6 Å². The highest BCUT2D eigenvalue weighted by Gasteiger charge is 2.35. The molecule has 10 heteroatoms. The van der Waals surface area contributed by atoms with Crippen molar-refractivity contribution in [2.24, 2.45) is 0 Å². The van der Waals surface area contributed by atoms with Gasteiger partial charge in [-0.1, -0.05) is 12.1 Å². The number of carbonyl (C=O) groups excluding carboxylic acids is 3. The fourth-order valence-corrected chi connectivity index (χ4v) is 4.80. The maximum absolute atomic E-state index is 12.5. The third kappa shape index (κ3) is 4.82. The first-order valence-corrected chi connectivity index (χ1v) is 10.9. The highest BCUT2D eigenvalue weighted by Crippen LogP contribution is 2.32. The summed E-state index contributed by atoms with van der Waals surface area (Å²) >= 11 is 0.816. The van der Waals surface area contributed by atoms with Gasteiger partial charge in [0.2, 0.25) is 5.91 Å². The van der Waals surface area contributed by atoms with E-state index in [2.05, 4.69) is 5.32 Å². The highest BCUT2D eigenvalue weighted by atomic mass is 32.2. The Morgan fingerprint density at radius 2 is 2.04 bits per heavy atom. The number of imide groups is 1. The van der Waals surface area contributed by atoms with E-state index in [0.717, 1.165) is 27.6 Å². The van der Waals surface area contributed by atoms with E-state index >= 15 is 0 Å². The minimum absolute atomic E-state index is 0.0698. The molecule has 1 aromatic rings. The molecule has 1 atom stereocenters. The number of amides is 3. The summed E-state index contributed by atoms with van der Waals surface area (Å²) in [6, 6.07) is 6.45. The molecule has 0 radical (unpaired) electrons. The van der Waals surface area contributed by atoms with Crippen LogP contribution in [0.15, 0.2) is 40.7 Å². The van der Waals surface area contributed by atoms with E-state index in [1.807, 2.05) is 0 Å². The molecule has 0 aliphatic carbocycles. The second-order valence-corrected chi connectivity index (χ2v) is 9.11. The van der Waals surface area contributed by atoms with Crippen LogP contribution in [0.2, 0.25) is 0 Å². The summed E-state index contributed by atoms with van der Waals surface area (Å²) in [5.41, 5.74) is 0.748. The number of carbonyl (C=O) groups is 3. The summed E-state index contributed by atoms with van der Waals surface area (Å²) in [5, 5.41) is 3.19. The second kappa shape index (κ2) is 8.19. The average molecular weight is 422 g/mol. The Hall–Kier alpha value is -2.59. The monoisotopic (exact) mass is 422 g/mol. The molecule has 1 saturated heterocycles. The SMILES string of the molecule is COc1ccc(/C=C2\SC(=O)N(CCC(=O)NC3C=CS(=O)(=O)C3)C2=O)cc1. The molecule has 3 rings (SSSR count). The molecule has 2 aliphatic rings. The van der Waals surface area contributed by atoms with E-state index in [9.17, 15) is 22.8 Å². The van der Waals surface area contributed by atoms with Gasteiger partial charge in [-0.2, -0.15) is 0 Å². The molecule has 1 aromatic carbocycles. The molecule has 1 N–H and O–H groups in total. The molecular formula is C18H18N2O6S2. The van der Waals surface area contributed by atoms with Gasteiger partial charge in [-0.15, -0.1) is 0 Å². The van der Waals surface area contributed by atoms with Crippen LogP contribution in [0.1, 0.15) is 12.0 Å². The summed E-state index contributed by atoms with van der Waals surface area (Å²) in [5.74, 6) is -0.377. The lowest BCUT2D eigenvalue weighted by Gasteiger charge is -2.14. The van der Waals surface area contributed by atoms with Gasteiger partial charge in [-0.3, -0.25) is 19.3 Å². The zero-order chi connectivity index (χ0) is 20.3. The predicted octanol–water partition coefficient (Wildman–Crippen LogP) is 1.55. The smallest absolute Gasteiger partial charge is 0.293 e. The van der Waals surface area contributed by atoms with E-state index in [0.29, 0.717) is 5.75 Å². The molecule has 8 nitrogen and oxygen atoms in total. The number of methoxy groups -OCH3 is 1. The second-order valence-electron chi connectivity index (χ2n) is 6.19. The van der Waals surface area contributed by atoms with Gasteiger partial charge >= 0.3 is 0 Å². The topological polar surface area (TPSA) is 110 Å². The quantitative estimate of drug-likeness (QED) is 0.693. The fourth-order valence-electron chi connectivity index (χ4n) is 2.70. The molecule has 3 amide bonds. The van der Waals surface area contributed by atoms with Gasteiger partial charge < -0.3 is 10.1 Å². The zero-order valence-corrected chi connectivity index (χ0v) is 16.6. The molecule has 2 aliphatic heterocycles. The van der Waals surface area contributed by atoms with Crippen molar-refractivity contribution >= 4 is 44.7 Å². The first kappa shape index (κ1) is 20.2. The van der Waals surface area contributed by atoms with Crippen molar-refractivity contribution in [3.63, 3.8) is 0 Å². The Balaban J connectivity index is 1.57. The van der Waals surface area contributed by atoms with Crippen LogP contribution in [-0.4, -0.2) is 55.8 Å². The molecule has 0 bridgehead atoms. The van der Waals surface area contributed by atoms with Gasteiger partial charge in [0.05, 0.1) is 23.8 Å². The van der Waals surface area contributed by atoms with E-state index in [1.54, 1.807) is 37.5 Å². The summed E-state index contributed by atoms with van der Waals surface area (Å²) in [7, 11) is -1.71. The van der Waals surface area contributed by atoms with Crippen LogP contribution < -0.4 is 10.1 Å². The van der Waals surface area contributed by atoms with Crippen molar-refractivity contribution in [3.05, 3.63) is 46.2 Å². The number of hydrogen-bond acceptors (Lipinski definition) is 7. The summed E-state index contributed by atoms with van der Waals surface area (Å²) in [6.07, 6.45) is 2.92. The van der Waals surface area contributed by atoms with Crippen molar-refractivity contribution in [2.45, 2.75) is 12.5 Å². The van der Waals surface area contributed by atoms with Crippen molar-refractivity contribution in [1.29, 1.82) is 0 Å². The first-order valence-electron chi connectivity index (χ1n) is 8.37. The molecule has 0 spiro atoms. The van der Waals surface area contributed by atoms with Crippen LogP contribution >= 0.6 is 11.8 Å². The van der Waals surface area contributed by atoms with Gasteiger partial charge in [0, 0.05) is 18.4 Å². The third-order valence-corrected chi connectivity index (χ3v) is 6.43. The normalized spacial score (nSPS) is 22.1. The number of benzene rings is 1. The maximum atomic E-state index is 12.5. The Labute approximate surface area is 166 Å². The van der Waals surface area contributed by atoms with E-state index in [4.69, 9.17) is 4.74 Å². The number of nitrogens with one attached hydrogen (secondary N) is 1. The minimum atomic E-state index is -3.26. The fraction of sp³-hybridized carbons (Fsp3) is 0.278. The molecule has 0 saturated carbocycles. The lowest BCUT2D eigenvalue weighted by atomic mass is 10.2. The average Bonchev–Trinajstić information content (AvgIpc) is 3.12. The number of ether oxygens (including phenoxy) is 1. The van der Waals surface area contributed by atoms with Crippen molar-refractivity contribution in [2.75, 3.05) is 19.4 Å². The number of nitrogens with zero attached hydrogens (tertiary/aromatic N) is 1. The van der Waals surface area contributed by atoms with E-state index < -0.39 is 32.9 Å². The predicted molar refractivity (Wildman–Crippen MR) is 105 cm³/mol. The molecule has 0 aromatic heterocycles. The third-order valence-electron chi connectivity index (χ3n) is 4.13. The van der Waals surface area contributed by atoms with E-state index in [1.165, 1.54) is 6.08 Å². The summed E-state index contributed by atoms with van der Waals surface area (Å²) in [4.78, 5) is 37.9. The number of thioether (sulfide) groups is 1. The summed E-state index contributed by atoms with van der Waals surface area (Å²) in [6.45, 7) is -0.0698. The van der Waals surface area contributed by atoms with Gasteiger partial charge in [-0.05, 0) is 41.6 Å². The maximum Gasteiger partial charge on any atom is 0.293 e. The van der Waals surface area contributed by atoms with Gasteiger partial charge in [0.25, 0.3) is 11.1 Å². The Bertz CT molecular complexity index is 966. The highest BCUT2D eigenvalue weighted by molar-refractivity contribution is 8.18. The van der Waals surface area contributed by atoms with Crippen LogP contribution in [0.4, 0.5) is 4.79 Å². The molecule has 2 heterocycles. The molecular weight excluding hydrogens is 404 g/mol. The number of hydrogen-bond donors (Lipinski definition) is 1. The van der Waals surface area contributed by atoms with Gasteiger partial charge in [0.15, 0.2) is 9.84 Å². The summed E-state index contributed by atoms with van der Waals surface area (Å²) < 4.78 is 27.8. The Morgan fingerprint density at radius 1 is 1.32 bits per heavy atom. The molecule has 1 unspecified atom stereocenters. The van der Waals surface area contributed by atoms with Crippen LogP contribution in [0.3, 0.4) is 0 Å². The first-order chi connectivity index (χ1) is 13.3. The largest absolute Gasteiger partial charge is 0.497 e. The Morgan fingerprint density at radius 3 is 2.64 bits per heavy atom.